The second-order valence-corrected chi connectivity index (χ2v) is 5.33. The highest BCUT2D eigenvalue weighted by atomic mass is 32.2. The Hall–Kier alpha value is -1.25. The third-order valence-electron chi connectivity index (χ3n) is 2.90. The van der Waals surface area contributed by atoms with Crippen LogP contribution < -0.4 is 0 Å². The van der Waals surface area contributed by atoms with Crippen LogP contribution in [-0.4, -0.2) is 10.9 Å². The Bertz CT molecular complexity index is 481. The number of rotatable bonds is 5. The molecule has 94 valence electrons. The van der Waals surface area contributed by atoms with E-state index < -0.39 is 6.10 Å². The molecule has 1 N–H and O–H groups in total. The Morgan fingerprint density at radius 2 is 1.83 bits per heavy atom. The van der Waals surface area contributed by atoms with Crippen molar-refractivity contribution in [1.29, 1.82) is 0 Å². The van der Waals surface area contributed by atoms with Gasteiger partial charge in [0.2, 0.25) is 0 Å². The van der Waals surface area contributed by atoms with Crippen molar-refractivity contribution in [2.45, 2.75) is 24.3 Å². The highest BCUT2D eigenvalue weighted by Gasteiger charge is 2.08. The summed E-state index contributed by atoms with van der Waals surface area (Å²) < 4.78 is 0. The minimum absolute atomic E-state index is 0.401. The Morgan fingerprint density at radius 1 is 1.06 bits per heavy atom. The Balaban J connectivity index is 1.97. The molecule has 18 heavy (non-hydrogen) atoms. The van der Waals surface area contributed by atoms with Crippen LogP contribution in [0.15, 0.2) is 59.5 Å². The van der Waals surface area contributed by atoms with Gasteiger partial charge in [-0.15, -0.1) is 11.8 Å². The minimum Gasteiger partial charge on any atom is -0.388 e. The monoisotopic (exact) mass is 258 g/mol. The quantitative estimate of drug-likeness (QED) is 0.816. The van der Waals surface area contributed by atoms with Gasteiger partial charge in [-0.25, -0.2) is 0 Å². The van der Waals surface area contributed by atoms with Crippen molar-refractivity contribution >= 4 is 11.8 Å². The second-order valence-electron chi connectivity index (χ2n) is 4.24. The van der Waals surface area contributed by atoms with Crippen LogP contribution in [0.4, 0.5) is 0 Å². The van der Waals surface area contributed by atoms with Crippen molar-refractivity contribution in [2.24, 2.45) is 0 Å². The summed E-state index contributed by atoms with van der Waals surface area (Å²) in [6, 6.07) is 18.4. The van der Waals surface area contributed by atoms with Gasteiger partial charge in [0, 0.05) is 10.6 Å². The van der Waals surface area contributed by atoms with Crippen LogP contribution in [0, 0.1) is 0 Å². The molecule has 0 aliphatic heterocycles. The number of hydrogen-bond donors (Lipinski definition) is 1. The predicted molar refractivity (Wildman–Crippen MR) is 77.9 cm³/mol. The summed E-state index contributed by atoms with van der Waals surface area (Å²) >= 11 is 1.69. The third kappa shape index (κ3) is 3.62. The molecule has 0 saturated carbocycles. The lowest BCUT2D eigenvalue weighted by molar-refractivity contribution is 0.204. The van der Waals surface area contributed by atoms with Gasteiger partial charge in [0.05, 0.1) is 6.10 Å². The molecule has 2 heteroatoms. The SMILES string of the molecule is CCc1cccc(C(O)CSc2ccccc2)c1. The molecule has 0 heterocycles. The lowest BCUT2D eigenvalue weighted by Crippen LogP contribution is -2.01. The standard InChI is InChI=1S/C16H18OS/c1-2-13-7-6-8-14(11-13)16(17)12-18-15-9-4-3-5-10-15/h3-11,16-17H,2,12H2,1H3. The van der Waals surface area contributed by atoms with Gasteiger partial charge in [-0.1, -0.05) is 49.4 Å². The predicted octanol–water partition coefficient (Wildman–Crippen LogP) is 4.07. The van der Waals surface area contributed by atoms with Gasteiger partial charge in [-0.05, 0) is 29.7 Å². The summed E-state index contributed by atoms with van der Waals surface area (Å²) in [7, 11) is 0. The van der Waals surface area contributed by atoms with E-state index in [1.54, 1.807) is 11.8 Å². The number of aryl methyl sites for hydroxylation is 1. The molecular formula is C16H18OS. The summed E-state index contributed by atoms with van der Waals surface area (Å²) in [4.78, 5) is 1.20. The maximum absolute atomic E-state index is 10.2. The van der Waals surface area contributed by atoms with E-state index in [4.69, 9.17) is 0 Å². The fraction of sp³-hybridized carbons (Fsp3) is 0.250. The van der Waals surface area contributed by atoms with Crippen LogP contribution in [0.2, 0.25) is 0 Å². The van der Waals surface area contributed by atoms with Gasteiger partial charge >= 0.3 is 0 Å². The average molecular weight is 258 g/mol. The highest BCUT2D eigenvalue weighted by molar-refractivity contribution is 7.99. The van der Waals surface area contributed by atoms with E-state index in [-0.39, 0.29) is 0 Å². The Morgan fingerprint density at radius 3 is 2.56 bits per heavy atom. The second kappa shape index (κ2) is 6.62. The summed E-state index contributed by atoms with van der Waals surface area (Å²) in [5, 5.41) is 10.2. The van der Waals surface area contributed by atoms with Crippen LogP contribution >= 0.6 is 11.8 Å². The molecular weight excluding hydrogens is 240 g/mol. The molecule has 0 amide bonds. The first-order valence-electron chi connectivity index (χ1n) is 6.24. The maximum Gasteiger partial charge on any atom is 0.0884 e. The summed E-state index contributed by atoms with van der Waals surface area (Å²) in [6.45, 7) is 2.13. The first-order chi connectivity index (χ1) is 8.79. The highest BCUT2D eigenvalue weighted by Crippen LogP contribution is 2.24. The van der Waals surface area contributed by atoms with E-state index in [2.05, 4.69) is 31.2 Å². The summed E-state index contributed by atoms with van der Waals surface area (Å²) in [5.74, 6) is 0.692. The first-order valence-corrected chi connectivity index (χ1v) is 7.23. The molecule has 0 spiro atoms. The van der Waals surface area contributed by atoms with E-state index in [0.29, 0.717) is 5.75 Å². The van der Waals surface area contributed by atoms with Gasteiger partial charge in [0.1, 0.15) is 0 Å². The summed E-state index contributed by atoms with van der Waals surface area (Å²) in [5.41, 5.74) is 2.29. The molecule has 0 bridgehead atoms. The number of thioether (sulfide) groups is 1. The molecule has 1 atom stereocenters. The van der Waals surface area contributed by atoms with Gasteiger partial charge < -0.3 is 5.11 Å². The van der Waals surface area contributed by atoms with E-state index in [0.717, 1.165) is 12.0 Å². The van der Waals surface area contributed by atoms with E-state index in [1.807, 2.05) is 30.3 Å². The Labute approximate surface area is 113 Å². The molecule has 2 aromatic carbocycles. The van der Waals surface area contributed by atoms with Gasteiger partial charge in [-0.2, -0.15) is 0 Å². The smallest absolute Gasteiger partial charge is 0.0884 e. The van der Waals surface area contributed by atoms with Crippen molar-refractivity contribution in [1.82, 2.24) is 0 Å². The molecule has 0 radical (unpaired) electrons. The van der Waals surface area contributed by atoms with Crippen LogP contribution in [-0.2, 0) is 6.42 Å². The number of hydrogen-bond acceptors (Lipinski definition) is 2. The minimum atomic E-state index is -0.401. The van der Waals surface area contributed by atoms with Gasteiger partial charge in [-0.3, -0.25) is 0 Å². The van der Waals surface area contributed by atoms with Crippen molar-refractivity contribution < 1.29 is 5.11 Å². The lowest BCUT2D eigenvalue weighted by Gasteiger charge is -2.11. The van der Waals surface area contributed by atoms with E-state index in [9.17, 15) is 5.11 Å². The van der Waals surface area contributed by atoms with Crippen LogP contribution in [0.3, 0.4) is 0 Å². The molecule has 0 saturated heterocycles. The molecule has 2 aromatic rings. The van der Waals surface area contributed by atoms with Gasteiger partial charge in [0.25, 0.3) is 0 Å². The molecule has 0 aliphatic rings. The molecule has 0 fully saturated rings. The van der Waals surface area contributed by atoms with Crippen molar-refractivity contribution in [3.05, 3.63) is 65.7 Å². The molecule has 1 nitrogen and oxygen atoms in total. The fourth-order valence-electron chi connectivity index (χ4n) is 1.81. The molecule has 2 rings (SSSR count). The van der Waals surface area contributed by atoms with Crippen LogP contribution in [0.1, 0.15) is 24.2 Å². The summed E-state index contributed by atoms with van der Waals surface area (Å²) in [6.07, 6.45) is 0.605. The van der Waals surface area contributed by atoms with Crippen molar-refractivity contribution in [3.63, 3.8) is 0 Å². The van der Waals surface area contributed by atoms with Gasteiger partial charge in [0.15, 0.2) is 0 Å². The fourth-order valence-corrected chi connectivity index (χ4v) is 2.70. The number of benzene rings is 2. The normalized spacial score (nSPS) is 12.3. The molecule has 0 aromatic heterocycles. The Kier molecular flexibility index (Phi) is 4.85. The van der Waals surface area contributed by atoms with Crippen LogP contribution in [0.5, 0.6) is 0 Å². The largest absolute Gasteiger partial charge is 0.388 e. The average Bonchev–Trinajstić information content (AvgIpc) is 2.46. The maximum atomic E-state index is 10.2. The number of aliphatic hydroxyl groups excluding tert-OH is 1. The third-order valence-corrected chi connectivity index (χ3v) is 3.98. The topological polar surface area (TPSA) is 20.2 Å². The number of aliphatic hydroxyl groups is 1. The molecule has 0 aliphatic carbocycles. The van der Waals surface area contributed by atoms with Crippen LogP contribution in [0.25, 0.3) is 0 Å². The first kappa shape index (κ1) is 13.2. The van der Waals surface area contributed by atoms with E-state index in [1.165, 1.54) is 10.5 Å². The zero-order valence-corrected chi connectivity index (χ0v) is 11.4. The lowest BCUT2D eigenvalue weighted by atomic mass is 10.1. The van der Waals surface area contributed by atoms with E-state index >= 15 is 0 Å². The zero-order valence-electron chi connectivity index (χ0n) is 10.5. The molecule has 1 unspecified atom stereocenters. The van der Waals surface area contributed by atoms with Crippen molar-refractivity contribution in [2.75, 3.05) is 5.75 Å². The van der Waals surface area contributed by atoms with Crippen molar-refractivity contribution in [3.8, 4) is 0 Å². The zero-order chi connectivity index (χ0) is 12.8.